The van der Waals surface area contributed by atoms with Crippen LogP contribution >= 0.6 is 0 Å². The average molecular weight is 554 g/mol. The van der Waals surface area contributed by atoms with Gasteiger partial charge >= 0.3 is 5.97 Å². The summed E-state index contributed by atoms with van der Waals surface area (Å²) >= 11 is 0. The molecule has 3 rings (SSSR count). The molecule has 2 N–H and O–H groups in total. The Bertz CT molecular complexity index is 1380. The fourth-order valence-electron chi connectivity index (χ4n) is 4.53. The standard InChI is InChI=1S/C30H36FN3O6/c1-8-39-24-14-20-15-34(28(32)25(20)26(31)27(24)40-9-2)16-23(36)19-11-10-18(21(12-19)30(4,5)6)13-22(29(37)38-7)33-17(3)35/h10-14,32H,8-9,15-16H2,1-7H3,(H,33,35). The van der Waals surface area contributed by atoms with Gasteiger partial charge in [-0.2, -0.15) is 0 Å². The first-order valence-corrected chi connectivity index (χ1v) is 13.0. The molecule has 0 aromatic heterocycles. The highest BCUT2D eigenvalue weighted by Gasteiger charge is 2.33. The molecule has 0 spiro atoms. The lowest BCUT2D eigenvalue weighted by atomic mass is 9.82. The van der Waals surface area contributed by atoms with Crippen LogP contribution in [0.25, 0.3) is 6.08 Å². The molecule has 40 heavy (non-hydrogen) atoms. The van der Waals surface area contributed by atoms with Crippen LogP contribution in [0.5, 0.6) is 11.5 Å². The smallest absolute Gasteiger partial charge is 0.354 e. The number of benzene rings is 2. The summed E-state index contributed by atoms with van der Waals surface area (Å²) in [7, 11) is 1.22. The lowest BCUT2D eigenvalue weighted by molar-refractivity contribution is -0.137. The average Bonchev–Trinajstić information content (AvgIpc) is 3.19. The number of esters is 1. The van der Waals surface area contributed by atoms with Gasteiger partial charge in [-0.3, -0.25) is 15.0 Å². The Balaban J connectivity index is 1.93. The highest BCUT2D eigenvalue weighted by atomic mass is 19.1. The second kappa shape index (κ2) is 12.3. The first kappa shape index (κ1) is 30.3. The molecule has 0 unspecified atom stereocenters. The van der Waals surface area contributed by atoms with Crippen molar-refractivity contribution in [1.29, 1.82) is 5.41 Å². The maximum Gasteiger partial charge on any atom is 0.354 e. The lowest BCUT2D eigenvalue weighted by Crippen LogP contribution is -2.30. The number of Topliss-reactive ketones (excluding diaryl/α,β-unsaturated/α-hetero) is 1. The fraction of sp³-hybridized carbons (Fsp3) is 0.400. The molecule has 0 radical (unpaired) electrons. The Morgan fingerprint density at radius 1 is 1.12 bits per heavy atom. The van der Waals surface area contributed by atoms with Crippen LogP contribution in [0.4, 0.5) is 4.39 Å². The highest BCUT2D eigenvalue weighted by molar-refractivity contribution is 6.06. The summed E-state index contributed by atoms with van der Waals surface area (Å²) in [5, 5.41) is 11.1. The number of ketones is 1. The third-order valence-corrected chi connectivity index (χ3v) is 6.31. The number of carbonyl (C=O) groups excluding carboxylic acids is 3. The molecule has 1 aliphatic heterocycles. The number of rotatable bonds is 10. The van der Waals surface area contributed by atoms with Gasteiger partial charge in [0.25, 0.3) is 0 Å². The van der Waals surface area contributed by atoms with Gasteiger partial charge in [0.05, 0.1) is 32.4 Å². The molecule has 1 amide bonds. The molecule has 0 fully saturated rings. The quantitative estimate of drug-likeness (QED) is 0.251. The molecule has 0 saturated heterocycles. The van der Waals surface area contributed by atoms with Gasteiger partial charge in [-0.25, -0.2) is 9.18 Å². The molecule has 1 aliphatic rings. The second-order valence-electron chi connectivity index (χ2n) is 10.3. The Morgan fingerprint density at radius 3 is 2.38 bits per heavy atom. The van der Waals surface area contributed by atoms with Gasteiger partial charge in [-0.15, -0.1) is 0 Å². The van der Waals surface area contributed by atoms with E-state index in [1.165, 1.54) is 25.0 Å². The zero-order valence-electron chi connectivity index (χ0n) is 24.0. The van der Waals surface area contributed by atoms with Crippen molar-refractivity contribution in [2.75, 3.05) is 26.9 Å². The zero-order valence-corrected chi connectivity index (χ0v) is 24.0. The third-order valence-electron chi connectivity index (χ3n) is 6.31. The monoisotopic (exact) mass is 553 g/mol. The number of ether oxygens (including phenoxy) is 3. The molecule has 10 heteroatoms. The van der Waals surface area contributed by atoms with Crippen molar-refractivity contribution in [3.63, 3.8) is 0 Å². The van der Waals surface area contributed by atoms with Gasteiger partial charge in [-0.05, 0) is 54.2 Å². The SMILES string of the molecule is CCOc1cc2c(c(F)c1OCC)C(=N)N(CC(=O)c1ccc(C=C(NC(C)=O)C(=O)OC)c(C(C)(C)C)c1)C2. The van der Waals surface area contributed by atoms with Crippen molar-refractivity contribution in [3.8, 4) is 11.5 Å². The van der Waals surface area contributed by atoms with Crippen LogP contribution < -0.4 is 14.8 Å². The van der Waals surface area contributed by atoms with Gasteiger partial charge in [0.2, 0.25) is 5.91 Å². The molecular formula is C30H36FN3O6. The van der Waals surface area contributed by atoms with E-state index in [0.717, 1.165) is 5.56 Å². The molecule has 0 aliphatic carbocycles. The van der Waals surface area contributed by atoms with E-state index in [1.807, 2.05) is 20.8 Å². The van der Waals surface area contributed by atoms with E-state index < -0.39 is 23.1 Å². The molecule has 9 nitrogen and oxygen atoms in total. The van der Waals surface area contributed by atoms with Crippen molar-refractivity contribution < 1.29 is 33.0 Å². The van der Waals surface area contributed by atoms with E-state index in [0.29, 0.717) is 23.3 Å². The molecule has 2 aromatic carbocycles. The number of amidine groups is 1. The molecule has 214 valence electrons. The molecule has 0 saturated carbocycles. The number of carbonyl (C=O) groups is 3. The minimum atomic E-state index is -0.699. The van der Waals surface area contributed by atoms with Crippen molar-refractivity contribution >= 4 is 29.6 Å². The van der Waals surface area contributed by atoms with Gasteiger partial charge in [0.15, 0.2) is 23.1 Å². The third kappa shape index (κ3) is 6.50. The minimum Gasteiger partial charge on any atom is -0.490 e. The van der Waals surface area contributed by atoms with Crippen molar-refractivity contribution in [1.82, 2.24) is 10.2 Å². The fourth-order valence-corrected chi connectivity index (χ4v) is 4.53. The van der Waals surface area contributed by atoms with E-state index in [-0.39, 0.29) is 54.1 Å². The lowest BCUT2D eigenvalue weighted by Gasteiger charge is -2.24. The van der Waals surface area contributed by atoms with Crippen LogP contribution in [0.3, 0.4) is 0 Å². The number of nitrogens with one attached hydrogen (secondary N) is 2. The highest BCUT2D eigenvalue weighted by Crippen LogP contribution is 2.39. The molecule has 0 atom stereocenters. The zero-order chi connectivity index (χ0) is 29.8. The van der Waals surface area contributed by atoms with Gasteiger partial charge < -0.3 is 24.4 Å². The number of halogens is 1. The number of methoxy groups -OCH3 is 1. The van der Waals surface area contributed by atoms with Crippen LogP contribution in [0.15, 0.2) is 30.0 Å². The predicted octanol–water partition coefficient (Wildman–Crippen LogP) is 4.59. The summed E-state index contributed by atoms with van der Waals surface area (Å²) in [5.74, 6) is -1.92. The van der Waals surface area contributed by atoms with Crippen LogP contribution in [0, 0.1) is 11.2 Å². The number of amides is 1. The minimum absolute atomic E-state index is 0.0253. The van der Waals surface area contributed by atoms with Gasteiger partial charge in [-0.1, -0.05) is 32.9 Å². The summed E-state index contributed by atoms with van der Waals surface area (Å²) in [5.41, 5.74) is 1.99. The Hall–Kier alpha value is -4.21. The van der Waals surface area contributed by atoms with Crippen molar-refractivity contribution in [3.05, 3.63) is 63.6 Å². The van der Waals surface area contributed by atoms with Crippen LogP contribution in [-0.4, -0.2) is 55.3 Å². The summed E-state index contributed by atoms with van der Waals surface area (Å²) in [4.78, 5) is 38.8. The van der Waals surface area contributed by atoms with Gasteiger partial charge in [0, 0.05) is 19.0 Å². The maximum atomic E-state index is 15.4. The van der Waals surface area contributed by atoms with Crippen LogP contribution in [0.2, 0.25) is 0 Å². The van der Waals surface area contributed by atoms with E-state index in [4.69, 9.17) is 19.6 Å². The molecular weight excluding hydrogens is 517 g/mol. The molecule has 0 bridgehead atoms. The maximum absolute atomic E-state index is 15.4. The van der Waals surface area contributed by atoms with E-state index in [9.17, 15) is 14.4 Å². The Morgan fingerprint density at radius 2 is 1.80 bits per heavy atom. The summed E-state index contributed by atoms with van der Waals surface area (Å²) in [6.07, 6.45) is 1.52. The van der Waals surface area contributed by atoms with Crippen molar-refractivity contribution in [2.45, 2.75) is 53.5 Å². The number of fused-ring (bicyclic) bond motifs is 1. The van der Waals surface area contributed by atoms with E-state index in [2.05, 4.69) is 5.32 Å². The topological polar surface area (TPSA) is 118 Å². The van der Waals surface area contributed by atoms with E-state index in [1.54, 1.807) is 38.1 Å². The first-order chi connectivity index (χ1) is 18.8. The van der Waals surface area contributed by atoms with Crippen molar-refractivity contribution in [2.24, 2.45) is 0 Å². The Kier molecular flexibility index (Phi) is 9.34. The number of nitrogens with zero attached hydrogens (tertiary/aromatic N) is 1. The van der Waals surface area contributed by atoms with E-state index >= 15 is 4.39 Å². The largest absolute Gasteiger partial charge is 0.490 e. The normalized spacial score (nSPS) is 13.2. The summed E-state index contributed by atoms with van der Waals surface area (Å²) in [6.45, 7) is 11.3. The van der Waals surface area contributed by atoms with Gasteiger partial charge in [0.1, 0.15) is 11.5 Å². The van der Waals surface area contributed by atoms with Crippen LogP contribution in [-0.2, 0) is 26.3 Å². The second-order valence-corrected chi connectivity index (χ2v) is 10.3. The summed E-state index contributed by atoms with van der Waals surface area (Å²) in [6, 6.07) is 6.73. The molecule has 2 aromatic rings. The predicted molar refractivity (Wildman–Crippen MR) is 149 cm³/mol. The summed E-state index contributed by atoms with van der Waals surface area (Å²) < 4.78 is 31.2. The first-order valence-electron chi connectivity index (χ1n) is 13.0. The Labute approximate surface area is 233 Å². The molecule has 1 heterocycles. The number of hydrogen-bond donors (Lipinski definition) is 2. The number of hydrogen-bond acceptors (Lipinski definition) is 7. The van der Waals surface area contributed by atoms with Crippen LogP contribution in [0.1, 0.15) is 74.2 Å².